The lowest BCUT2D eigenvalue weighted by atomic mass is 9.65. The molecule has 0 radical (unpaired) electrons. The smallest absolute Gasteiger partial charge is 0.410 e. The van der Waals surface area contributed by atoms with Crippen molar-refractivity contribution in [3.8, 4) is 23.1 Å². The Morgan fingerprint density at radius 3 is 2.49 bits per heavy atom. The molecule has 1 amide bonds. The Morgan fingerprint density at radius 2 is 1.86 bits per heavy atom. The van der Waals surface area contributed by atoms with Gasteiger partial charge in [-0.3, -0.25) is 0 Å². The fraction of sp³-hybridized carbons (Fsp3) is 0.517. The first kappa shape index (κ1) is 28.0. The first-order valence-electron chi connectivity index (χ1n) is 12.9. The fourth-order valence-corrected chi connectivity index (χ4v) is 4.84. The van der Waals surface area contributed by atoms with Gasteiger partial charge in [-0.05, 0) is 71.6 Å². The van der Waals surface area contributed by atoms with Crippen molar-refractivity contribution >= 4 is 12.1 Å². The molecule has 2 heterocycles. The number of ether oxygens (including phenoxy) is 3. The molecule has 2 atom stereocenters. The van der Waals surface area contributed by atoms with Crippen LogP contribution in [0, 0.1) is 17.2 Å². The number of nitrogens with zero attached hydrogens (tertiary/aromatic N) is 3. The molecule has 1 fully saturated rings. The number of amides is 1. The number of hydrogen-bond donors (Lipinski definition) is 0. The lowest BCUT2D eigenvalue weighted by Gasteiger charge is -2.44. The van der Waals surface area contributed by atoms with Gasteiger partial charge in [0.05, 0.1) is 30.4 Å². The van der Waals surface area contributed by atoms with Crippen LogP contribution in [0.25, 0.3) is 11.3 Å². The summed E-state index contributed by atoms with van der Waals surface area (Å²) in [7, 11) is 0. The van der Waals surface area contributed by atoms with Gasteiger partial charge in [0.1, 0.15) is 11.4 Å². The second-order valence-corrected chi connectivity index (χ2v) is 10.1. The predicted molar refractivity (Wildman–Crippen MR) is 140 cm³/mol. The van der Waals surface area contributed by atoms with E-state index in [2.05, 4.69) is 6.07 Å². The maximum Gasteiger partial charge on any atom is 0.410 e. The lowest BCUT2D eigenvalue weighted by molar-refractivity contribution is 0.00977. The number of rotatable bonds is 7. The first-order valence-corrected chi connectivity index (χ1v) is 12.9. The van der Waals surface area contributed by atoms with Gasteiger partial charge >= 0.3 is 12.1 Å². The molecule has 1 aliphatic heterocycles. The molecule has 0 N–H and O–H groups in total. The summed E-state index contributed by atoms with van der Waals surface area (Å²) in [5.41, 5.74) is 0.331. The molecule has 8 heteroatoms. The molecule has 0 bridgehead atoms. The Labute approximate surface area is 219 Å². The van der Waals surface area contributed by atoms with E-state index in [1.54, 1.807) is 11.8 Å². The second-order valence-electron chi connectivity index (χ2n) is 10.1. The number of piperidine rings is 1. The van der Waals surface area contributed by atoms with Crippen LogP contribution in [0.5, 0.6) is 5.75 Å². The molecule has 1 aromatic carbocycles. The molecule has 2 aromatic rings. The Bertz CT molecular complexity index is 1170. The van der Waals surface area contributed by atoms with Gasteiger partial charge < -0.3 is 19.1 Å². The van der Waals surface area contributed by atoms with E-state index in [0.29, 0.717) is 49.5 Å². The molecule has 1 aliphatic rings. The van der Waals surface area contributed by atoms with Crippen molar-refractivity contribution in [2.45, 2.75) is 65.4 Å². The minimum atomic E-state index is -1.01. The van der Waals surface area contributed by atoms with E-state index in [9.17, 15) is 14.9 Å². The van der Waals surface area contributed by atoms with Gasteiger partial charge in [0.15, 0.2) is 5.69 Å². The summed E-state index contributed by atoms with van der Waals surface area (Å²) < 4.78 is 16.7. The van der Waals surface area contributed by atoms with Crippen LogP contribution >= 0.6 is 0 Å². The Kier molecular flexibility index (Phi) is 8.80. The van der Waals surface area contributed by atoms with Crippen molar-refractivity contribution in [3.63, 3.8) is 0 Å². The van der Waals surface area contributed by atoms with E-state index < -0.39 is 23.1 Å². The number of nitriles is 1. The van der Waals surface area contributed by atoms with Gasteiger partial charge in [-0.2, -0.15) is 5.26 Å². The monoisotopic (exact) mass is 507 g/mol. The zero-order chi connectivity index (χ0) is 27.2. The first-order chi connectivity index (χ1) is 17.6. The number of benzene rings is 1. The van der Waals surface area contributed by atoms with E-state index in [-0.39, 0.29) is 18.2 Å². The predicted octanol–water partition coefficient (Wildman–Crippen LogP) is 5.75. The third-order valence-electron chi connectivity index (χ3n) is 6.57. The molecule has 1 aromatic heterocycles. The summed E-state index contributed by atoms with van der Waals surface area (Å²) in [5.74, 6) is -0.144. The van der Waals surface area contributed by atoms with E-state index in [0.717, 1.165) is 5.56 Å². The summed E-state index contributed by atoms with van der Waals surface area (Å²) in [4.78, 5) is 32.3. The summed E-state index contributed by atoms with van der Waals surface area (Å²) in [6.07, 6.45) is 0.581. The van der Waals surface area contributed by atoms with Crippen LogP contribution < -0.4 is 4.74 Å². The van der Waals surface area contributed by atoms with E-state index in [1.165, 1.54) is 0 Å². The fourth-order valence-electron chi connectivity index (χ4n) is 4.84. The van der Waals surface area contributed by atoms with E-state index in [1.807, 2.05) is 71.0 Å². The Balaban J connectivity index is 2.08. The van der Waals surface area contributed by atoms with Crippen molar-refractivity contribution in [1.82, 2.24) is 9.88 Å². The standard InChI is InChI=1S/C29H37N3O5/c1-7-20-18-32(27(34)37-28(4,5)6)17-16-29(20,19-30)22-14-15-23(31-25(22)26(33)36-9-3)21-12-10-11-13-24(21)35-8-2/h10-15,20H,7-9,16-18H2,1-6H3/t20-,29+/m1/s1. The molecule has 0 unspecified atom stereocenters. The van der Waals surface area contributed by atoms with Gasteiger partial charge in [-0.25, -0.2) is 14.6 Å². The highest BCUT2D eigenvalue weighted by Crippen LogP contribution is 2.43. The highest BCUT2D eigenvalue weighted by molar-refractivity contribution is 5.90. The summed E-state index contributed by atoms with van der Waals surface area (Å²) >= 11 is 0. The van der Waals surface area contributed by atoms with Gasteiger partial charge in [0.2, 0.25) is 0 Å². The number of carbonyl (C=O) groups is 2. The zero-order valence-corrected chi connectivity index (χ0v) is 22.7. The van der Waals surface area contributed by atoms with Gasteiger partial charge in [0, 0.05) is 24.2 Å². The molecule has 37 heavy (non-hydrogen) atoms. The SMILES string of the molecule is CCOC(=O)c1nc(-c2ccccc2OCC)ccc1[C@]1(C#N)CCN(C(=O)OC(C)(C)C)C[C@H]1CC. The van der Waals surface area contributed by atoms with Gasteiger partial charge in [-0.1, -0.05) is 25.1 Å². The third-order valence-corrected chi connectivity index (χ3v) is 6.57. The van der Waals surface area contributed by atoms with E-state index >= 15 is 0 Å². The topological polar surface area (TPSA) is 102 Å². The van der Waals surface area contributed by atoms with Crippen LogP contribution in [0.4, 0.5) is 4.79 Å². The minimum Gasteiger partial charge on any atom is -0.493 e. The van der Waals surface area contributed by atoms with Crippen molar-refractivity contribution < 1.29 is 23.8 Å². The largest absolute Gasteiger partial charge is 0.493 e. The van der Waals surface area contributed by atoms with Crippen LogP contribution in [0.3, 0.4) is 0 Å². The Morgan fingerprint density at radius 1 is 1.14 bits per heavy atom. The maximum absolute atomic E-state index is 13.2. The normalized spacial score (nSPS) is 19.6. The Hall–Kier alpha value is -3.60. The quantitative estimate of drug-likeness (QED) is 0.440. The maximum atomic E-state index is 13.2. The summed E-state index contributed by atoms with van der Waals surface area (Å²) in [5, 5.41) is 10.6. The average Bonchev–Trinajstić information content (AvgIpc) is 2.87. The van der Waals surface area contributed by atoms with Crippen LogP contribution in [0.1, 0.15) is 70.4 Å². The number of esters is 1. The number of hydrogen-bond acceptors (Lipinski definition) is 7. The number of aromatic nitrogens is 1. The van der Waals surface area contributed by atoms with Crippen LogP contribution in [-0.4, -0.2) is 53.9 Å². The average molecular weight is 508 g/mol. The molecule has 0 saturated carbocycles. The molecule has 8 nitrogen and oxygen atoms in total. The number of carbonyl (C=O) groups excluding carboxylic acids is 2. The van der Waals surface area contributed by atoms with Crippen LogP contribution in [0.15, 0.2) is 36.4 Å². The molecular weight excluding hydrogens is 470 g/mol. The highest BCUT2D eigenvalue weighted by Gasteiger charge is 2.48. The number of para-hydroxylation sites is 1. The van der Waals surface area contributed by atoms with Crippen molar-refractivity contribution in [1.29, 1.82) is 5.26 Å². The van der Waals surface area contributed by atoms with Crippen molar-refractivity contribution in [2.24, 2.45) is 5.92 Å². The molecule has 198 valence electrons. The highest BCUT2D eigenvalue weighted by atomic mass is 16.6. The van der Waals surface area contributed by atoms with Crippen LogP contribution in [-0.2, 0) is 14.9 Å². The summed E-state index contributed by atoms with van der Waals surface area (Å²) in [6.45, 7) is 12.5. The second kappa shape index (κ2) is 11.6. The molecular formula is C29H37N3O5. The van der Waals surface area contributed by atoms with Crippen LogP contribution in [0.2, 0.25) is 0 Å². The summed E-state index contributed by atoms with van der Waals surface area (Å²) in [6, 6.07) is 13.7. The van der Waals surface area contributed by atoms with Gasteiger partial charge in [0.25, 0.3) is 0 Å². The zero-order valence-electron chi connectivity index (χ0n) is 22.7. The van der Waals surface area contributed by atoms with Gasteiger partial charge in [-0.15, -0.1) is 0 Å². The third kappa shape index (κ3) is 6.04. The number of likely N-dealkylation sites (tertiary alicyclic amines) is 1. The molecule has 0 aliphatic carbocycles. The molecule has 1 saturated heterocycles. The van der Waals surface area contributed by atoms with E-state index in [4.69, 9.17) is 19.2 Å². The number of pyridine rings is 1. The molecule has 0 spiro atoms. The van der Waals surface area contributed by atoms with Crippen molar-refractivity contribution in [3.05, 3.63) is 47.7 Å². The van der Waals surface area contributed by atoms with Crippen molar-refractivity contribution in [2.75, 3.05) is 26.3 Å². The molecule has 3 rings (SSSR count). The minimum absolute atomic E-state index is 0.122. The lowest BCUT2D eigenvalue weighted by Crippen LogP contribution is -2.52.